The van der Waals surface area contributed by atoms with Crippen molar-refractivity contribution >= 4 is 22.0 Å². The van der Waals surface area contributed by atoms with Gasteiger partial charge in [0.2, 0.25) is 10.0 Å². The molecule has 1 aliphatic heterocycles. The van der Waals surface area contributed by atoms with Gasteiger partial charge < -0.3 is 9.84 Å². The van der Waals surface area contributed by atoms with Crippen molar-refractivity contribution in [1.82, 2.24) is 4.31 Å². The molecule has 104 valence electrons. The van der Waals surface area contributed by atoms with Gasteiger partial charge in [-0.15, -0.1) is 0 Å². The molecule has 0 aromatic heterocycles. The van der Waals surface area contributed by atoms with Crippen LogP contribution in [0.2, 0.25) is 0 Å². The van der Waals surface area contributed by atoms with E-state index in [2.05, 4.69) is 4.74 Å². The second-order valence-corrected chi connectivity index (χ2v) is 6.07. The Balaban J connectivity index is 2.75. The summed E-state index contributed by atoms with van der Waals surface area (Å²) in [6.45, 7) is 3.36. The molecule has 0 aromatic carbocycles. The van der Waals surface area contributed by atoms with Crippen LogP contribution in [-0.4, -0.2) is 54.7 Å². The molecule has 1 saturated heterocycles. The van der Waals surface area contributed by atoms with Crippen LogP contribution in [0.25, 0.3) is 0 Å². The molecule has 0 amide bonds. The van der Waals surface area contributed by atoms with Crippen LogP contribution < -0.4 is 0 Å². The first-order valence-corrected chi connectivity index (χ1v) is 7.28. The van der Waals surface area contributed by atoms with Crippen LogP contribution >= 0.6 is 0 Å². The quantitative estimate of drug-likeness (QED) is 0.692. The van der Waals surface area contributed by atoms with E-state index in [1.165, 1.54) is 6.92 Å². The molecule has 1 aliphatic rings. The van der Waals surface area contributed by atoms with Gasteiger partial charge in [-0.3, -0.25) is 9.59 Å². The second-order valence-electron chi connectivity index (χ2n) is 4.15. The Morgan fingerprint density at radius 2 is 2.06 bits per heavy atom. The molecule has 0 aliphatic carbocycles. The lowest BCUT2D eigenvalue weighted by Gasteiger charge is -2.22. The van der Waals surface area contributed by atoms with Crippen molar-refractivity contribution in [1.29, 1.82) is 0 Å². The average Bonchev–Trinajstić information content (AvgIpc) is 2.60. The molecule has 1 N–H and O–H groups in total. The molecule has 18 heavy (non-hydrogen) atoms. The van der Waals surface area contributed by atoms with Gasteiger partial charge in [-0.2, -0.15) is 4.31 Å². The number of hydrogen-bond donors (Lipinski definition) is 1. The smallest absolute Gasteiger partial charge is 0.322 e. The number of rotatable bonds is 5. The maximum Gasteiger partial charge on any atom is 0.322 e. The molecule has 1 rings (SSSR count). The third kappa shape index (κ3) is 3.20. The van der Waals surface area contributed by atoms with Crippen LogP contribution in [0.5, 0.6) is 0 Å². The third-order valence-electron chi connectivity index (χ3n) is 2.98. The van der Waals surface area contributed by atoms with Crippen LogP contribution in [0, 0.1) is 5.92 Å². The van der Waals surface area contributed by atoms with Gasteiger partial charge in [-0.05, 0) is 20.3 Å². The molecule has 7 nitrogen and oxygen atoms in total. The number of ether oxygens (including phenoxy) is 1. The van der Waals surface area contributed by atoms with E-state index in [0.717, 1.165) is 4.31 Å². The van der Waals surface area contributed by atoms with E-state index in [4.69, 9.17) is 5.11 Å². The summed E-state index contributed by atoms with van der Waals surface area (Å²) in [5.41, 5.74) is 0. The van der Waals surface area contributed by atoms with Crippen molar-refractivity contribution in [2.24, 2.45) is 5.92 Å². The summed E-state index contributed by atoms with van der Waals surface area (Å²) in [6.07, 6.45) is 0.262. The van der Waals surface area contributed by atoms with Gasteiger partial charge in [-0.25, -0.2) is 8.42 Å². The fraction of sp³-hybridized carbons (Fsp3) is 0.800. The Kier molecular flexibility index (Phi) is 4.69. The lowest BCUT2D eigenvalue weighted by atomic mass is 10.0. The van der Waals surface area contributed by atoms with Crippen LogP contribution in [0.1, 0.15) is 20.3 Å². The normalized spacial score (nSPS) is 25.0. The first kappa shape index (κ1) is 14.9. The van der Waals surface area contributed by atoms with E-state index < -0.39 is 39.7 Å². The predicted molar refractivity (Wildman–Crippen MR) is 62.3 cm³/mol. The standard InChI is InChI=1S/C10H17NO6S/c1-3-17-9(12)6-18(15,16)11-5-4-8(7(11)2)10(13)14/h7-8H,3-6H2,1-2H3,(H,13,14). The van der Waals surface area contributed by atoms with Crippen LogP contribution in [0.4, 0.5) is 0 Å². The minimum absolute atomic E-state index is 0.113. The van der Waals surface area contributed by atoms with Gasteiger partial charge in [0.25, 0.3) is 0 Å². The fourth-order valence-corrected chi connectivity index (χ4v) is 3.65. The number of carbonyl (C=O) groups is 2. The molecule has 1 heterocycles. The van der Waals surface area contributed by atoms with Crippen molar-refractivity contribution in [3.63, 3.8) is 0 Å². The highest BCUT2D eigenvalue weighted by Gasteiger charge is 2.42. The maximum atomic E-state index is 11.9. The predicted octanol–water partition coefficient (Wildman–Crippen LogP) is -0.326. The summed E-state index contributed by atoms with van der Waals surface area (Å²) in [7, 11) is -3.80. The lowest BCUT2D eigenvalue weighted by molar-refractivity contribution is -0.142. The van der Waals surface area contributed by atoms with E-state index in [-0.39, 0.29) is 19.6 Å². The Morgan fingerprint density at radius 3 is 2.50 bits per heavy atom. The molecular formula is C10H17NO6S. The maximum absolute atomic E-state index is 11.9. The minimum Gasteiger partial charge on any atom is -0.481 e. The van der Waals surface area contributed by atoms with Gasteiger partial charge in [0, 0.05) is 12.6 Å². The molecule has 2 atom stereocenters. The fourth-order valence-electron chi connectivity index (χ4n) is 2.07. The SMILES string of the molecule is CCOC(=O)CS(=O)(=O)N1CCC(C(=O)O)C1C. The number of nitrogens with zero attached hydrogens (tertiary/aromatic N) is 1. The van der Waals surface area contributed by atoms with Crippen molar-refractivity contribution in [3.8, 4) is 0 Å². The van der Waals surface area contributed by atoms with E-state index in [9.17, 15) is 18.0 Å². The Hall–Kier alpha value is -1.15. The molecular weight excluding hydrogens is 262 g/mol. The Morgan fingerprint density at radius 1 is 1.44 bits per heavy atom. The third-order valence-corrected chi connectivity index (χ3v) is 4.81. The van der Waals surface area contributed by atoms with Gasteiger partial charge >= 0.3 is 11.9 Å². The first-order valence-electron chi connectivity index (χ1n) is 5.67. The highest BCUT2D eigenvalue weighted by molar-refractivity contribution is 7.89. The molecule has 1 fully saturated rings. The highest BCUT2D eigenvalue weighted by Crippen LogP contribution is 2.27. The minimum atomic E-state index is -3.80. The molecule has 0 saturated carbocycles. The zero-order valence-electron chi connectivity index (χ0n) is 10.3. The molecule has 2 unspecified atom stereocenters. The largest absolute Gasteiger partial charge is 0.481 e. The van der Waals surface area contributed by atoms with E-state index in [0.29, 0.717) is 0 Å². The number of hydrogen-bond acceptors (Lipinski definition) is 5. The first-order chi connectivity index (χ1) is 8.29. The van der Waals surface area contributed by atoms with Gasteiger partial charge in [0.1, 0.15) is 0 Å². The summed E-state index contributed by atoms with van der Waals surface area (Å²) in [5.74, 6) is -3.29. The zero-order chi connectivity index (χ0) is 13.9. The molecule has 0 aromatic rings. The number of sulfonamides is 1. The van der Waals surface area contributed by atoms with Crippen LogP contribution in [0.15, 0.2) is 0 Å². The lowest BCUT2D eigenvalue weighted by Crippen LogP contribution is -2.40. The van der Waals surface area contributed by atoms with Crippen molar-refractivity contribution in [2.45, 2.75) is 26.3 Å². The molecule has 8 heteroatoms. The van der Waals surface area contributed by atoms with Crippen LogP contribution in [0.3, 0.4) is 0 Å². The summed E-state index contributed by atoms with van der Waals surface area (Å²) in [6, 6.07) is -0.637. The molecule has 0 bridgehead atoms. The average molecular weight is 279 g/mol. The number of esters is 1. The van der Waals surface area contributed by atoms with E-state index in [1.54, 1.807) is 6.92 Å². The van der Waals surface area contributed by atoms with Crippen molar-refractivity contribution in [2.75, 3.05) is 18.9 Å². The molecule has 0 radical (unpaired) electrons. The molecule has 0 spiro atoms. The Bertz CT molecular complexity index is 432. The van der Waals surface area contributed by atoms with Gasteiger partial charge in [0.15, 0.2) is 5.75 Å². The monoisotopic (exact) mass is 279 g/mol. The van der Waals surface area contributed by atoms with E-state index >= 15 is 0 Å². The summed E-state index contributed by atoms with van der Waals surface area (Å²) >= 11 is 0. The van der Waals surface area contributed by atoms with E-state index in [1.807, 2.05) is 0 Å². The number of carbonyl (C=O) groups excluding carboxylic acids is 1. The summed E-state index contributed by atoms with van der Waals surface area (Å²) in [4.78, 5) is 22.1. The number of carboxylic acids is 1. The number of carboxylic acid groups (broad SMARTS) is 1. The summed E-state index contributed by atoms with van der Waals surface area (Å²) < 4.78 is 29.5. The van der Waals surface area contributed by atoms with Crippen molar-refractivity contribution in [3.05, 3.63) is 0 Å². The van der Waals surface area contributed by atoms with Gasteiger partial charge in [-0.1, -0.05) is 0 Å². The summed E-state index contributed by atoms with van der Waals surface area (Å²) in [5, 5.41) is 8.92. The topological polar surface area (TPSA) is 101 Å². The van der Waals surface area contributed by atoms with Crippen molar-refractivity contribution < 1.29 is 27.9 Å². The second kappa shape index (κ2) is 5.66. The van der Waals surface area contributed by atoms with Crippen LogP contribution in [-0.2, 0) is 24.3 Å². The number of aliphatic carboxylic acids is 1. The zero-order valence-corrected chi connectivity index (χ0v) is 11.1. The Labute approximate surface area is 106 Å². The highest BCUT2D eigenvalue weighted by atomic mass is 32.2. The van der Waals surface area contributed by atoms with Gasteiger partial charge in [0.05, 0.1) is 12.5 Å².